The molecule has 5 nitrogen and oxygen atoms in total. The summed E-state index contributed by atoms with van der Waals surface area (Å²) in [6.07, 6.45) is 1.90. The van der Waals surface area contributed by atoms with Crippen LogP contribution in [-0.4, -0.2) is 57.8 Å². The number of rotatable bonds is 8. The lowest BCUT2D eigenvalue weighted by atomic mass is 10.2. The van der Waals surface area contributed by atoms with Crippen LogP contribution in [0.4, 0.5) is 0 Å². The van der Waals surface area contributed by atoms with Crippen LogP contribution in [0.3, 0.4) is 0 Å². The number of hydrogen-bond acceptors (Lipinski definition) is 4. The maximum absolute atomic E-state index is 13.1. The van der Waals surface area contributed by atoms with Crippen LogP contribution in [0.1, 0.15) is 31.3 Å². The van der Waals surface area contributed by atoms with E-state index in [0.717, 1.165) is 42.4 Å². The van der Waals surface area contributed by atoms with E-state index >= 15 is 0 Å². The number of fused-ring (bicyclic) bond motifs is 1. The van der Waals surface area contributed by atoms with Crippen LogP contribution in [0.15, 0.2) is 35.8 Å². The number of nitrogens with zero attached hydrogens (tertiary/aromatic N) is 4. The zero-order chi connectivity index (χ0) is 19.4. The first-order valence-electron chi connectivity index (χ1n) is 9.32. The molecule has 0 saturated heterocycles. The Hall–Kier alpha value is -1.89. The molecule has 0 aliphatic carbocycles. The minimum Gasteiger partial charge on any atom is -0.336 e. The number of imidazole rings is 1. The predicted octanol–water partition coefficient (Wildman–Crippen LogP) is 4.52. The van der Waals surface area contributed by atoms with Gasteiger partial charge in [0.05, 0.1) is 10.7 Å². The van der Waals surface area contributed by atoms with Crippen molar-refractivity contribution >= 4 is 33.8 Å². The second kappa shape index (κ2) is 8.87. The first kappa shape index (κ1) is 19.9. The zero-order valence-corrected chi connectivity index (χ0v) is 17.6. The van der Waals surface area contributed by atoms with Crippen molar-refractivity contribution in [1.29, 1.82) is 0 Å². The Labute approximate surface area is 169 Å². The van der Waals surface area contributed by atoms with Gasteiger partial charge in [-0.3, -0.25) is 9.20 Å². The lowest BCUT2D eigenvalue weighted by Crippen LogP contribution is -2.39. The second-order valence-electron chi connectivity index (χ2n) is 6.29. The molecule has 2 aromatic heterocycles. The van der Waals surface area contributed by atoms with Crippen LogP contribution in [0, 0.1) is 0 Å². The first-order valence-corrected chi connectivity index (χ1v) is 10.6. The Morgan fingerprint density at radius 3 is 2.56 bits per heavy atom. The van der Waals surface area contributed by atoms with Crippen LogP contribution in [0.5, 0.6) is 0 Å². The molecule has 0 N–H and O–H groups in total. The molecule has 0 saturated carbocycles. The zero-order valence-electron chi connectivity index (χ0n) is 16.0. The summed E-state index contributed by atoms with van der Waals surface area (Å²) in [5.74, 6) is 0.0408. The molecule has 1 aromatic carbocycles. The van der Waals surface area contributed by atoms with Gasteiger partial charge in [0.1, 0.15) is 5.69 Å². The van der Waals surface area contributed by atoms with Gasteiger partial charge in [0.15, 0.2) is 4.96 Å². The normalized spacial score (nSPS) is 11.4. The van der Waals surface area contributed by atoms with E-state index in [1.165, 1.54) is 11.3 Å². The van der Waals surface area contributed by atoms with Gasteiger partial charge < -0.3 is 9.80 Å². The lowest BCUT2D eigenvalue weighted by Gasteiger charge is -2.25. The van der Waals surface area contributed by atoms with Crippen molar-refractivity contribution in [2.24, 2.45) is 0 Å². The largest absolute Gasteiger partial charge is 0.336 e. The summed E-state index contributed by atoms with van der Waals surface area (Å²) in [4.78, 5) is 22.8. The van der Waals surface area contributed by atoms with Crippen molar-refractivity contribution < 1.29 is 4.79 Å². The van der Waals surface area contributed by atoms with E-state index in [9.17, 15) is 4.79 Å². The van der Waals surface area contributed by atoms with E-state index < -0.39 is 0 Å². The summed E-state index contributed by atoms with van der Waals surface area (Å²) in [6, 6.07) is 7.63. The molecule has 1 amide bonds. The van der Waals surface area contributed by atoms with Crippen LogP contribution >= 0.6 is 22.9 Å². The molecule has 0 fully saturated rings. The lowest BCUT2D eigenvalue weighted by molar-refractivity contribution is 0.0740. The highest BCUT2D eigenvalue weighted by atomic mass is 35.5. The maximum Gasteiger partial charge on any atom is 0.271 e. The van der Waals surface area contributed by atoms with E-state index in [2.05, 4.69) is 23.7 Å². The smallest absolute Gasteiger partial charge is 0.271 e. The average Bonchev–Trinajstić information content (AvgIpc) is 3.26. The van der Waals surface area contributed by atoms with E-state index in [-0.39, 0.29) is 5.91 Å². The standard InChI is InChI=1S/C20H25ClN4OS/c1-4-23(5-2)11-12-24(6-3)19(26)18-14-27-20-22-17(13-25(18)20)15-9-7-8-10-16(15)21/h7-10,13-14H,4-6,11-12H2,1-3H3. The van der Waals surface area contributed by atoms with Gasteiger partial charge in [-0.15, -0.1) is 11.3 Å². The Bertz CT molecular complexity index is 916. The number of thiazole rings is 1. The minimum absolute atomic E-state index is 0.0408. The fourth-order valence-corrected chi connectivity index (χ4v) is 4.18. The molecule has 144 valence electrons. The quantitative estimate of drug-likeness (QED) is 0.554. The summed E-state index contributed by atoms with van der Waals surface area (Å²) < 4.78 is 1.88. The van der Waals surface area contributed by atoms with Crippen LogP contribution in [0.25, 0.3) is 16.2 Å². The van der Waals surface area contributed by atoms with Gasteiger partial charge in [-0.25, -0.2) is 4.98 Å². The van der Waals surface area contributed by atoms with Crippen LogP contribution < -0.4 is 0 Å². The van der Waals surface area contributed by atoms with Crippen molar-refractivity contribution in [3.63, 3.8) is 0 Å². The molecule has 2 heterocycles. The number of hydrogen-bond donors (Lipinski definition) is 0. The van der Waals surface area contributed by atoms with E-state index in [1.54, 1.807) is 0 Å². The van der Waals surface area contributed by atoms with E-state index in [1.807, 2.05) is 52.1 Å². The molecular weight excluding hydrogens is 380 g/mol. The summed E-state index contributed by atoms with van der Waals surface area (Å²) in [6.45, 7) is 10.6. The van der Waals surface area contributed by atoms with E-state index in [4.69, 9.17) is 11.6 Å². The molecule has 0 spiro atoms. The fourth-order valence-electron chi connectivity index (χ4n) is 3.10. The van der Waals surface area contributed by atoms with Gasteiger partial charge in [0.2, 0.25) is 0 Å². The van der Waals surface area contributed by atoms with Crippen molar-refractivity contribution in [3.05, 3.63) is 46.6 Å². The molecule has 0 aliphatic rings. The number of amides is 1. The van der Waals surface area contributed by atoms with Gasteiger partial charge in [0, 0.05) is 36.8 Å². The number of likely N-dealkylation sites (N-methyl/N-ethyl adjacent to an activating group) is 2. The van der Waals surface area contributed by atoms with Gasteiger partial charge in [-0.2, -0.15) is 0 Å². The molecule has 0 bridgehead atoms. The van der Waals surface area contributed by atoms with Gasteiger partial charge in [-0.1, -0.05) is 43.6 Å². The molecule has 27 heavy (non-hydrogen) atoms. The molecule has 0 radical (unpaired) electrons. The molecule has 3 rings (SSSR count). The molecule has 0 unspecified atom stereocenters. The maximum atomic E-state index is 13.1. The SMILES string of the molecule is CCN(CC)CCN(CC)C(=O)c1csc2nc(-c3ccccc3Cl)cn12. The third kappa shape index (κ3) is 4.18. The van der Waals surface area contributed by atoms with E-state index in [0.29, 0.717) is 17.3 Å². The monoisotopic (exact) mass is 404 g/mol. The summed E-state index contributed by atoms with van der Waals surface area (Å²) in [5.41, 5.74) is 2.32. The third-order valence-electron chi connectivity index (χ3n) is 4.83. The highest BCUT2D eigenvalue weighted by Gasteiger charge is 2.20. The number of benzene rings is 1. The average molecular weight is 405 g/mol. The number of halogens is 1. The van der Waals surface area contributed by atoms with Gasteiger partial charge in [0.25, 0.3) is 5.91 Å². The summed E-state index contributed by atoms with van der Waals surface area (Å²) in [7, 11) is 0. The third-order valence-corrected chi connectivity index (χ3v) is 6.00. The highest BCUT2D eigenvalue weighted by Crippen LogP contribution is 2.29. The Morgan fingerprint density at radius 1 is 1.15 bits per heavy atom. The number of carbonyl (C=O) groups is 1. The Kier molecular flexibility index (Phi) is 6.52. The molecule has 3 aromatic rings. The number of carbonyl (C=O) groups excluding carboxylic acids is 1. The highest BCUT2D eigenvalue weighted by molar-refractivity contribution is 7.15. The Balaban J connectivity index is 1.85. The first-order chi connectivity index (χ1) is 13.1. The molecule has 7 heteroatoms. The topological polar surface area (TPSA) is 40.8 Å². The van der Waals surface area contributed by atoms with Crippen molar-refractivity contribution in [1.82, 2.24) is 19.2 Å². The van der Waals surface area contributed by atoms with Gasteiger partial charge >= 0.3 is 0 Å². The summed E-state index contributed by atoms with van der Waals surface area (Å²) in [5, 5.41) is 2.55. The summed E-state index contributed by atoms with van der Waals surface area (Å²) >= 11 is 7.78. The number of aromatic nitrogens is 2. The van der Waals surface area contributed by atoms with Crippen LogP contribution in [-0.2, 0) is 0 Å². The van der Waals surface area contributed by atoms with Crippen molar-refractivity contribution in [2.45, 2.75) is 20.8 Å². The fraction of sp³-hybridized carbons (Fsp3) is 0.400. The molecular formula is C20H25ClN4OS. The molecule has 0 aliphatic heterocycles. The predicted molar refractivity (Wildman–Crippen MR) is 113 cm³/mol. The molecule has 0 atom stereocenters. The van der Waals surface area contributed by atoms with Crippen LogP contribution in [0.2, 0.25) is 5.02 Å². The van der Waals surface area contributed by atoms with Crippen molar-refractivity contribution in [2.75, 3.05) is 32.7 Å². The van der Waals surface area contributed by atoms with Gasteiger partial charge in [-0.05, 0) is 26.1 Å². The minimum atomic E-state index is 0.0408. The van der Waals surface area contributed by atoms with Crippen molar-refractivity contribution in [3.8, 4) is 11.3 Å². The second-order valence-corrected chi connectivity index (χ2v) is 7.53. The Morgan fingerprint density at radius 2 is 1.89 bits per heavy atom.